The molecule has 0 radical (unpaired) electrons. The molecule has 1 unspecified atom stereocenters. The first-order chi connectivity index (χ1) is 9.58. The highest BCUT2D eigenvalue weighted by molar-refractivity contribution is 7.10. The van der Waals surface area contributed by atoms with Crippen LogP contribution in [0.1, 0.15) is 16.5 Å². The smallest absolute Gasteiger partial charge is 0.321 e. The zero-order valence-corrected chi connectivity index (χ0v) is 11.7. The van der Waals surface area contributed by atoms with Gasteiger partial charge in [0.05, 0.1) is 19.1 Å². The van der Waals surface area contributed by atoms with Crippen molar-refractivity contribution in [1.82, 2.24) is 4.98 Å². The molecule has 106 valence electrons. The second kappa shape index (κ2) is 5.87. The average Bonchev–Trinajstić information content (AvgIpc) is 2.71. The summed E-state index contributed by atoms with van der Waals surface area (Å²) in [4.78, 5) is 38.3. The van der Waals surface area contributed by atoms with Crippen LogP contribution in [0.5, 0.6) is 0 Å². The predicted molar refractivity (Wildman–Crippen MR) is 73.4 cm³/mol. The predicted octanol–water partition coefficient (Wildman–Crippen LogP) is 1.07. The van der Waals surface area contributed by atoms with Gasteiger partial charge in [0, 0.05) is 11.6 Å². The molecule has 6 nitrogen and oxygen atoms in total. The topological polar surface area (TPSA) is 85.5 Å². The highest BCUT2D eigenvalue weighted by Crippen LogP contribution is 2.32. The van der Waals surface area contributed by atoms with Crippen molar-refractivity contribution in [2.75, 3.05) is 14.2 Å². The van der Waals surface area contributed by atoms with Crippen LogP contribution in [0.3, 0.4) is 0 Å². The standard InChI is InChI=1S/C13H13NO5S/c1-18-11(15)9(12(16)19-2)7-5-3-4-6-8-10(7)14-13(17)20-8/h3-7,9H,1-2H3,(H,14,17). The van der Waals surface area contributed by atoms with Gasteiger partial charge in [-0.05, 0) is 6.08 Å². The minimum Gasteiger partial charge on any atom is -0.468 e. The molecule has 1 aliphatic carbocycles. The third kappa shape index (κ3) is 2.57. The lowest BCUT2D eigenvalue weighted by Crippen LogP contribution is -2.32. The van der Waals surface area contributed by atoms with Crippen molar-refractivity contribution in [1.29, 1.82) is 0 Å². The quantitative estimate of drug-likeness (QED) is 0.666. The van der Waals surface area contributed by atoms with Gasteiger partial charge in [0.2, 0.25) is 0 Å². The summed E-state index contributed by atoms with van der Waals surface area (Å²) >= 11 is 1.02. The second-order valence-corrected chi connectivity index (χ2v) is 5.10. The van der Waals surface area contributed by atoms with Gasteiger partial charge in [-0.15, -0.1) is 0 Å². The van der Waals surface area contributed by atoms with E-state index in [-0.39, 0.29) is 4.87 Å². The minimum atomic E-state index is -1.15. The summed E-state index contributed by atoms with van der Waals surface area (Å²) < 4.78 is 9.34. The number of allylic oxidation sites excluding steroid dienone is 3. The summed E-state index contributed by atoms with van der Waals surface area (Å²) in [5.41, 5.74) is 0.519. The Hall–Kier alpha value is -2.15. The number of ether oxygens (including phenoxy) is 2. The first kappa shape index (κ1) is 14.3. The molecule has 7 heteroatoms. The number of carbonyl (C=O) groups is 2. The van der Waals surface area contributed by atoms with E-state index in [1.54, 1.807) is 24.3 Å². The number of thiazole rings is 1. The van der Waals surface area contributed by atoms with Crippen LogP contribution >= 0.6 is 11.3 Å². The molecule has 0 amide bonds. The van der Waals surface area contributed by atoms with E-state index in [0.29, 0.717) is 10.6 Å². The van der Waals surface area contributed by atoms with Crippen LogP contribution in [-0.2, 0) is 19.1 Å². The van der Waals surface area contributed by atoms with Gasteiger partial charge >= 0.3 is 16.8 Å². The normalized spacial score (nSPS) is 16.6. The van der Waals surface area contributed by atoms with Gasteiger partial charge in [-0.3, -0.25) is 14.4 Å². The van der Waals surface area contributed by atoms with E-state index in [2.05, 4.69) is 14.5 Å². The summed E-state index contributed by atoms with van der Waals surface area (Å²) in [5.74, 6) is -3.18. The Balaban J connectivity index is 2.51. The minimum absolute atomic E-state index is 0.242. The number of H-pyrrole nitrogens is 1. The van der Waals surface area contributed by atoms with E-state index in [9.17, 15) is 14.4 Å². The Morgan fingerprint density at radius 3 is 2.50 bits per heavy atom. The molecule has 1 atom stereocenters. The van der Waals surface area contributed by atoms with Crippen molar-refractivity contribution in [3.63, 3.8) is 0 Å². The Bertz CT molecular complexity index is 623. The maximum atomic E-state index is 11.9. The number of esters is 2. The number of fused-ring (bicyclic) bond motifs is 1. The van der Waals surface area contributed by atoms with Gasteiger partial charge in [-0.1, -0.05) is 29.6 Å². The molecule has 0 bridgehead atoms. The lowest BCUT2D eigenvalue weighted by atomic mass is 9.89. The third-order valence-corrected chi connectivity index (χ3v) is 3.85. The van der Waals surface area contributed by atoms with Gasteiger partial charge in [0.25, 0.3) is 0 Å². The zero-order chi connectivity index (χ0) is 14.7. The SMILES string of the molecule is COC(=O)C(C(=O)OC)C1C=CC=Cc2sc(=O)[nH]c21. The van der Waals surface area contributed by atoms with Gasteiger partial charge < -0.3 is 14.5 Å². The molecule has 1 aromatic rings. The Morgan fingerprint density at radius 2 is 1.90 bits per heavy atom. The lowest BCUT2D eigenvalue weighted by Gasteiger charge is -2.19. The molecule has 20 heavy (non-hydrogen) atoms. The van der Waals surface area contributed by atoms with E-state index >= 15 is 0 Å². The number of carbonyl (C=O) groups excluding carboxylic acids is 2. The van der Waals surface area contributed by atoms with Crippen LogP contribution in [0.25, 0.3) is 6.08 Å². The number of hydrogen-bond donors (Lipinski definition) is 1. The van der Waals surface area contributed by atoms with Crippen molar-refractivity contribution >= 4 is 29.4 Å². The van der Waals surface area contributed by atoms with Crippen LogP contribution in [0.15, 0.2) is 23.0 Å². The molecule has 0 spiro atoms. The molecular formula is C13H13NO5S. The number of methoxy groups -OCH3 is 2. The molecule has 1 heterocycles. The number of rotatable bonds is 3. The maximum absolute atomic E-state index is 11.9. The number of aromatic amines is 1. The van der Waals surface area contributed by atoms with E-state index in [1.165, 1.54) is 14.2 Å². The van der Waals surface area contributed by atoms with E-state index in [4.69, 9.17) is 0 Å². The third-order valence-electron chi connectivity index (χ3n) is 2.98. The van der Waals surface area contributed by atoms with Crippen LogP contribution in [0, 0.1) is 5.92 Å². The van der Waals surface area contributed by atoms with Gasteiger partial charge in [-0.25, -0.2) is 0 Å². The maximum Gasteiger partial charge on any atom is 0.321 e. The van der Waals surface area contributed by atoms with Crippen molar-refractivity contribution in [3.8, 4) is 0 Å². The average molecular weight is 295 g/mol. The first-order valence-electron chi connectivity index (χ1n) is 5.82. The Labute approximate surface area is 118 Å². The fourth-order valence-electron chi connectivity index (χ4n) is 2.07. The summed E-state index contributed by atoms with van der Waals surface area (Å²) in [7, 11) is 2.41. The number of hydrogen-bond acceptors (Lipinski definition) is 6. The van der Waals surface area contributed by atoms with Crippen molar-refractivity contribution in [2.45, 2.75) is 5.92 Å². The molecular weight excluding hydrogens is 282 g/mol. The Morgan fingerprint density at radius 1 is 1.25 bits per heavy atom. The van der Waals surface area contributed by atoms with Gasteiger partial charge in [0.15, 0.2) is 5.92 Å². The monoisotopic (exact) mass is 295 g/mol. The fourth-order valence-corrected chi connectivity index (χ4v) is 2.87. The van der Waals surface area contributed by atoms with Crippen molar-refractivity contribution < 1.29 is 19.1 Å². The van der Waals surface area contributed by atoms with Gasteiger partial charge in [-0.2, -0.15) is 0 Å². The molecule has 0 saturated heterocycles. The zero-order valence-electron chi connectivity index (χ0n) is 10.9. The summed E-state index contributed by atoms with van der Waals surface area (Å²) in [6.45, 7) is 0. The number of nitrogens with one attached hydrogen (secondary N) is 1. The lowest BCUT2D eigenvalue weighted by molar-refractivity contribution is -0.159. The number of aromatic nitrogens is 1. The van der Waals surface area contributed by atoms with Crippen LogP contribution in [0.4, 0.5) is 0 Å². The summed E-state index contributed by atoms with van der Waals surface area (Å²) in [5, 5.41) is 0. The molecule has 1 N–H and O–H groups in total. The van der Waals surface area contributed by atoms with Crippen molar-refractivity contribution in [2.24, 2.45) is 5.92 Å². The van der Waals surface area contributed by atoms with Crippen LogP contribution in [0.2, 0.25) is 0 Å². The molecule has 2 rings (SSSR count). The highest BCUT2D eigenvalue weighted by Gasteiger charge is 2.38. The van der Waals surface area contributed by atoms with E-state index in [0.717, 1.165) is 11.3 Å². The molecule has 0 fully saturated rings. The molecule has 1 aliphatic rings. The van der Waals surface area contributed by atoms with Gasteiger partial charge in [0.1, 0.15) is 0 Å². The Kier molecular flexibility index (Phi) is 4.19. The van der Waals surface area contributed by atoms with E-state index in [1.807, 2.05) is 0 Å². The molecule has 0 aromatic carbocycles. The van der Waals surface area contributed by atoms with Crippen LogP contribution < -0.4 is 4.87 Å². The fraction of sp³-hybridized carbons (Fsp3) is 0.308. The molecule has 0 aliphatic heterocycles. The van der Waals surface area contributed by atoms with E-state index < -0.39 is 23.8 Å². The van der Waals surface area contributed by atoms with Crippen LogP contribution in [-0.4, -0.2) is 31.1 Å². The van der Waals surface area contributed by atoms with Crippen molar-refractivity contribution in [3.05, 3.63) is 38.5 Å². The summed E-state index contributed by atoms with van der Waals surface area (Å²) in [6.07, 6.45) is 6.88. The summed E-state index contributed by atoms with van der Waals surface area (Å²) in [6, 6.07) is 0. The molecule has 0 saturated carbocycles. The largest absolute Gasteiger partial charge is 0.468 e. The molecule has 1 aromatic heterocycles. The highest BCUT2D eigenvalue weighted by atomic mass is 32.1. The second-order valence-electron chi connectivity index (χ2n) is 4.09. The first-order valence-corrected chi connectivity index (χ1v) is 6.63.